The van der Waals surface area contributed by atoms with Crippen LogP contribution < -0.4 is 10.1 Å². The third-order valence-electron chi connectivity index (χ3n) is 6.59. The number of amides is 1. The highest BCUT2D eigenvalue weighted by Crippen LogP contribution is 2.36. The highest BCUT2D eigenvalue weighted by Gasteiger charge is 2.33. The average molecular weight is 570 g/mol. The summed E-state index contributed by atoms with van der Waals surface area (Å²) < 4.78 is 19.9. The molecule has 0 unspecified atom stereocenters. The summed E-state index contributed by atoms with van der Waals surface area (Å²) in [4.78, 5) is 13.5. The van der Waals surface area contributed by atoms with E-state index in [0.29, 0.717) is 21.6 Å². The molecule has 1 atom stereocenters. The summed E-state index contributed by atoms with van der Waals surface area (Å²) in [5.74, 6) is 0.373. The molecule has 4 aromatic carbocycles. The largest absolute Gasteiger partial charge is 0.497 e. The summed E-state index contributed by atoms with van der Waals surface area (Å²) in [6.45, 7) is 0. The molecule has 0 aliphatic carbocycles. The molecule has 0 saturated carbocycles. The third-order valence-corrected chi connectivity index (χ3v) is 8.55. The molecule has 10 heteroatoms. The van der Waals surface area contributed by atoms with Crippen LogP contribution in [0.1, 0.15) is 23.6 Å². The molecule has 1 aromatic heterocycles. The van der Waals surface area contributed by atoms with E-state index in [9.17, 15) is 9.18 Å². The molecule has 1 N–H and O–H groups in total. The molecule has 0 radical (unpaired) electrons. The minimum absolute atomic E-state index is 0.134. The van der Waals surface area contributed by atoms with Crippen molar-refractivity contribution in [3.8, 4) is 5.75 Å². The number of hydrogen-bond donors (Lipinski definition) is 1. The minimum Gasteiger partial charge on any atom is -0.497 e. The molecule has 1 amide bonds. The Bertz CT molecular complexity index is 1710. The van der Waals surface area contributed by atoms with E-state index in [4.69, 9.17) is 9.84 Å². The summed E-state index contributed by atoms with van der Waals surface area (Å²) in [5.41, 5.74) is 3.15. The number of carbonyl (C=O) groups excluding carboxylic acids is 1. The maximum atomic E-state index is 14.0. The number of halogens is 1. The summed E-state index contributed by atoms with van der Waals surface area (Å²) in [5, 5.41) is 20.3. The Morgan fingerprint density at radius 2 is 1.80 bits per heavy atom. The Kier molecular flexibility index (Phi) is 7.43. The number of benzene rings is 4. The van der Waals surface area contributed by atoms with Gasteiger partial charge in [0.25, 0.3) is 5.91 Å². The van der Waals surface area contributed by atoms with Crippen LogP contribution >= 0.6 is 23.1 Å². The molecule has 0 bridgehead atoms. The van der Waals surface area contributed by atoms with Crippen molar-refractivity contribution in [2.45, 2.75) is 16.8 Å². The number of thioether (sulfide) groups is 1. The van der Waals surface area contributed by atoms with E-state index in [2.05, 4.69) is 45.8 Å². The van der Waals surface area contributed by atoms with Crippen LogP contribution in [0.4, 0.5) is 15.2 Å². The van der Waals surface area contributed by atoms with Crippen LogP contribution in [0.25, 0.3) is 10.8 Å². The zero-order valence-corrected chi connectivity index (χ0v) is 23.1. The molecule has 1 aliphatic heterocycles. The van der Waals surface area contributed by atoms with E-state index in [-0.39, 0.29) is 23.5 Å². The summed E-state index contributed by atoms with van der Waals surface area (Å²) in [6.07, 6.45) is 0.594. The van der Waals surface area contributed by atoms with E-state index >= 15 is 0 Å². The van der Waals surface area contributed by atoms with Crippen LogP contribution in [0.5, 0.6) is 5.75 Å². The Morgan fingerprint density at radius 1 is 1.02 bits per heavy atom. The van der Waals surface area contributed by atoms with Gasteiger partial charge in [0.2, 0.25) is 5.13 Å². The number of carbonyl (C=O) groups is 1. The fourth-order valence-electron chi connectivity index (χ4n) is 4.56. The highest BCUT2D eigenvalue weighted by atomic mass is 32.2. The van der Waals surface area contributed by atoms with Crippen molar-refractivity contribution in [1.82, 2.24) is 15.2 Å². The van der Waals surface area contributed by atoms with Crippen molar-refractivity contribution < 1.29 is 13.9 Å². The van der Waals surface area contributed by atoms with E-state index < -0.39 is 0 Å². The molecular formula is C30H24FN5O2S2. The SMILES string of the molecule is COc1ccc([C@H]2CC(c3ccc4ccccc4c3)=NN2C(=O)CSc2nnc(Nc3ccccc3F)s2)cc1. The smallest absolute Gasteiger partial charge is 0.253 e. The molecular weight excluding hydrogens is 545 g/mol. The number of ether oxygens (including phenoxy) is 1. The highest BCUT2D eigenvalue weighted by molar-refractivity contribution is 8.01. The molecule has 0 fully saturated rings. The van der Waals surface area contributed by atoms with Gasteiger partial charge in [-0.1, -0.05) is 83.8 Å². The minimum atomic E-state index is -0.374. The first-order chi connectivity index (χ1) is 19.6. The number of para-hydroxylation sites is 1. The van der Waals surface area contributed by atoms with Gasteiger partial charge in [-0.05, 0) is 52.2 Å². The van der Waals surface area contributed by atoms with Crippen LogP contribution in [0.2, 0.25) is 0 Å². The molecule has 2 heterocycles. The number of anilines is 2. The maximum absolute atomic E-state index is 14.0. The monoisotopic (exact) mass is 569 g/mol. The molecule has 5 aromatic rings. The van der Waals surface area contributed by atoms with E-state index in [0.717, 1.165) is 33.4 Å². The van der Waals surface area contributed by atoms with Crippen LogP contribution in [0, 0.1) is 5.82 Å². The Labute approximate surface area is 238 Å². The second-order valence-electron chi connectivity index (χ2n) is 9.11. The van der Waals surface area contributed by atoms with Crippen LogP contribution in [0.3, 0.4) is 0 Å². The first kappa shape index (κ1) is 26.0. The molecule has 6 rings (SSSR count). The van der Waals surface area contributed by atoms with Gasteiger partial charge in [0.15, 0.2) is 4.34 Å². The Hall–Kier alpha value is -4.28. The van der Waals surface area contributed by atoms with Crippen molar-refractivity contribution in [3.05, 3.63) is 108 Å². The van der Waals surface area contributed by atoms with Crippen LogP contribution in [0.15, 0.2) is 100 Å². The van der Waals surface area contributed by atoms with Crippen LogP contribution in [-0.2, 0) is 4.79 Å². The summed E-state index contributed by atoms with van der Waals surface area (Å²) >= 11 is 2.55. The lowest BCUT2D eigenvalue weighted by molar-refractivity contribution is -0.130. The zero-order valence-electron chi connectivity index (χ0n) is 21.5. The van der Waals surface area contributed by atoms with Crippen LogP contribution in [-0.4, -0.2) is 39.7 Å². The predicted octanol–water partition coefficient (Wildman–Crippen LogP) is 7.05. The lowest BCUT2D eigenvalue weighted by Gasteiger charge is -2.22. The van der Waals surface area contributed by atoms with Gasteiger partial charge in [-0.2, -0.15) is 5.10 Å². The van der Waals surface area contributed by atoms with Crippen molar-refractivity contribution in [2.24, 2.45) is 5.10 Å². The Balaban J connectivity index is 1.21. The molecule has 200 valence electrons. The third kappa shape index (κ3) is 5.54. The second kappa shape index (κ2) is 11.4. The lowest BCUT2D eigenvalue weighted by atomic mass is 9.97. The normalized spacial score (nSPS) is 14.8. The molecule has 7 nitrogen and oxygen atoms in total. The maximum Gasteiger partial charge on any atom is 0.253 e. The fourth-order valence-corrected chi connectivity index (χ4v) is 6.17. The van der Waals surface area contributed by atoms with Crippen molar-refractivity contribution in [2.75, 3.05) is 18.2 Å². The lowest BCUT2D eigenvalue weighted by Crippen LogP contribution is -2.28. The average Bonchev–Trinajstić information content (AvgIpc) is 3.64. The second-order valence-corrected chi connectivity index (χ2v) is 11.3. The standard InChI is InChI=1S/C30H24FN5O2S2/c1-38-23-14-12-20(13-15-23)27-17-26(22-11-10-19-6-2-3-7-21(19)16-22)35-36(27)28(37)18-39-30-34-33-29(40-30)32-25-9-5-4-8-24(25)31/h2-16,27H,17-18H2,1H3,(H,32,33)/t27-/m1/s1. The number of fused-ring (bicyclic) bond motifs is 1. The summed E-state index contributed by atoms with van der Waals surface area (Å²) in [7, 11) is 1.63. The Morgan fingerprint density at radius 3 is 2.60 bits per heavy atom. The van der Waals surface area contributed by atoms with Gasteiger partial charge < -0.3 is 10.1 Å². The van der Waals surface area contributed by atoms with Crippen molar-refractivity contribution in [1.29, 1.82) is 0 Å². The number of methoxy groups -OCH3 is 1. The van der Waals surface area contributed by atoms with Gasteiger partial charge in [-0.15, -0.1) is 10.2 Å². The molecule has 40 heavy (non-hydrogen) atoms. The quantitative estimate of drug-likeness (QED) is 0.202. The molecule has 0 saturated heterocycles. The number of aromatic nitrogens is 2. The number of hydrogen-bond acceptors (Lipinski definition) is 8. The number of hydrazone groups is 1. The van der Waals surface area contributed by atoms with E-state index in [1.165, 1.54) is 29.2 Å². The molecule has 1 aliphatic rings. The van der Waals surface area contributed by atoms with Crippen molar-refractivity contribution >= 4 is 56.3 Å². The first-order valence-corrected chi connectivity index (χ1v) is 14.4. The van der Waals surface area contributed by atoms with Gasteiger partial charge >= 0.3 is 0 Å². The van der Waals surface area contributed by atoms with Crippen molar-refractivity contribution in [3.63, 3.8) is 0 Å². The molecule has 0 spiro atoms. The number of nitrogens with one attached hydrogen (secondary N) is 1. The number of rotatable bonds is 8. The summed E-state index contributed by atoms with van der Waals surface area (Å²) in [6, 6.07) is 28.3. The van der Waals surface area contributed by atoms with Gasteiger partial charge in [0.05, 0.1) is 30.3 Å². The topological polar surface area (TPSA) is 79.7 Å². The van der Waals surface area contributed by atoms with Gasteiger partial charge in [-0.3, -0.25) is 4.79 Å². The first-order valence-electron chi connectivity index (χ1n) is 12.6. The van der Waals surface area contributed by atoms with Gasteiger partial charge in [0.1, 0.15) is 11.6 Å². The zero-order chi connectivity index (χ0) is 27.5. The fraction of sp³-hybridized carbons (Fsp3) is 0.133. The predicted molar refractivity (Wildman–Crippen MR) is 158 cm³/mol. The van der Waals surface area contributed by atoms with Gasteiger partial charge in [-0.25, -0.2) is 9.40 Å². The number of nitrogens with zero attached hydrogens (tertiary/aromatic N) is 4. The van der Waals surface area contributed by atoms with Gasteiger partial charge in [0, 0.05) is 6.42 Å². The van der Waals surface area contributed by atoms with E-state index in [1.54, 1.807) is 30.3 Å². The van der Waals surface area contributed by atoms with E-state index in [1.807, 2.05) is 36.4 Å².